The van der Waals surface area contributed by atoms with Crippen molar-refractivity contribution in [2.75, 3.05) is 13.2 Å². The molecule has 0 aromatic carbocycles. The highest BCUT2D eigenvalue weighted by Gasteiger charge is 2.62. The summed E-state index contributed by atoms with van der Waals surface area (Å²) in [7, 11) is 0. The van der Waals surface area contributed by atoms with E-state index in [-0.39, 0.29) is 17.1 Å². The van der Waals surface area contributed by atoms with Gasteiger partial charge in [0.1, 0.15) is 6.23 Å². The molecular weight excluding hydrogens is 180 g/mol. The van der Waals surface area contributed by atoms with Crippen molar-refractivity contribution >= 4 is 0 Å². The minimum atomic E-state index is -0.438. The summed E-state index contributed by atoms with van der Waals surface area (Å²) in [5, 5.41) is 13.0. The number of nitrogens with one attached hydrogen (secondary N) is 1. The van der Waals surface area contributed by atoms with Crippen molar-refractivity contribution in [2.45, 2.75) is 44.1 Å². The summed E-state index contributed by atoms with van der Waals surface area (Å²) < 4.78 is 5.65. The summed E-state index contributed by atoms with van der Waals surface area (Å²) in [6.07, 6.45) is 1.45. The Morgan fingerprint density at radius 1 is 1.50 bits per heavy atom. The maximum Gasteiger partial charge on any atom is 0.107 e. The van der Waals surface area contributed by atoms with E-state index in [4.69, 9.17) is 10.5 Å². The summed E-state index contributed by atoms with van der Waals surface area (Å²) >= 11 is 0. The van der Waals surface area contributed by atoms with E-state index < -0.39 is 6.23 Å². The van der Waals surface area contributed by atoms with Crippen LogP contribution in [0.3, 0.4) is 0 Å². The molecule has 82 valence electrons. The number of hydrogen-bond donors (Lipinski definition) is 3. The van der Waals surface area contributed by atoms with Crippen molar-refractivity contribution in [3.05, 3.63) is 0 Å². The molecule has 4 nitrogen and oxygen atoms in total. The number of ether oxygens (including phenoxy) is 1. The fraction of sp³-hybridized carbons (Fsp3) is 1.00. The van der Waals surface area contributed by atoms with Crippen LogP contribution in [-0.4, -0.2) is 35.6 Å². The van der Waals surface area contributed by atoms with Crippen molar-refractivity contribution in [3.63, 3.8) is 0 Å². The number of aliphatic hydroxyl groups is 1. The Bertz CT molecular complexity index is 224. The Morgan fingerprint density at radius 2 is 2.14 bits per heavy atom. The molecule has 3 fully saturated rings. The van der Waals surface area contributed by atoms with Crippen LogP contribution in [0.4, 0.5) is 0 Å². The molecule has 2 heterocycles. The fourth-order valence-electron chi connectivity index (χ4n) is 2.50. The molecule has 3 rings (SSSR count). The first-order valence-electron chi connectivity index (χ1n) is 5.31. The van der Waals surface area contributed by atoms with E-state index in [0.29, 0.717) is 13.2 Å². The van der Waals surface area contributed by atoms with E-state index in [1.807, 2.05) is 13.8 Å². The first-order valence-corrected chi connectivity index (χ1v) is 5.31. The first kappa shape index (κ1) is 10.4. The van der Waals surface area contributed by atoms with Gasteiger partial charge in [-0.15, -0.1) is 0 Å². The van der Waals surface area contributed by atoms with Gasteiger partial charge in [0.2, 0.25) is 0 Å². The molecule has 4 heteroatoms. The summed E-state index contributed by atoms with van der Waals surface area (Å²) in [5.41, 5.74) is 5.56. The van der Waals surface area contributed by atoms with Gasteiger partial charge >= 0.3 is 0 Å². The van der Waals surface area contributed by atoms with Gasteiger partial charge in [-0.05, 0) is 18.8 Å². The van der Waals surface area contributed by atoms with Gasteiger partial charge in [-0.25, -0.2) is 0 Å². The molecule has 2 saturated heterocycles. The Hall–Kier alpha value is -0.160. The van der Waals surface area contributed by atoms with Crippen LogP contribution >= 0.6 is 0 Å². The van der Waals surface area contributed by atoms with E-state index in [1.54, 1.807) is 0 Å². The minimum absolute atomic E-state index is 0.00303. The van der Waals surface area contributed by atoms with Gasteiger partial charge in [0, 0.05) is 12.1 Å². The van der Waals surface area contributed by atoms with Crippen LogP contribution in [0.1, 0.15) is 26.7 Å². The maximum atomic E-state index is 9.74. The molecule has 1 atom stereocenters. The molecule has 14 heavy (non-hydrogen) atoms. The molecule has 4 N–H and O–H groups in total. The van der Waals surface area contributed by atoms with Gasteiger partial charge in [-0.2, -0.15) is 0 Å². The molecule has 1 unspecified atom stereocenters. The Morgan fingerprint density at radius 3 is 2.57 bits per heavy atom. The van der Waals surface area contributed by atoms with Gasteiger partial charge in [0.15, 0.2) is 0 Å². The minimum Gasteiger partial charge on any atom is -0.378 e. The zero-order valence-electron chi connectivity index (χ0n) is 8.92. The first-order chi connectivity index (χ1) is 6.51. The molecule has 1 aliphatic carbocycles. The highest BCUT2D eigenvalue weighted by molar-refractivity contribution is 5.17. The van der Waals surface area contributed by atoms with Gasteiger partial charge in [0.25, 0.3) is 0 Å². The molecule has 0 aromatic rings. The summed E-state index contributed by atoms with van der Waals surface area (Å²) in [6, 6.07) is 0. The molecule has 0 spiro atoms. The third kappa shape index (κ3) is 1.46. The number of fused-ring (bicyclic) bond motifs is 1. The molecule has 0 amide bonds. The molecule has 2 bridgehead atoms. The van der Waals surface area contributed by atoms with Crippen LogP contribution in [0.25, 0.3) is 0 Å². The lowest BCUT2D eigenvalue weighted by atomic mass is 9.68. The predicted molar refractivity (Wildman–Crippen MR) is 53.7 cm³/mol. The molecule has 2 aliphatic heterocycles. The second-order valence-corrected chi connectivity index (χ2v) is 5.14. The fourth-order valence-corrected chi connectivity index (χ4v) is 2.50. The predicted octanol–water partition coefficient (Wildman–Crippen LogP) is -0.189. The number of nitrogens with two attached hydrogens (primary N) is 1. The van der Waals surface area contributed by atoms with Crippen LogP contribution in [0.15, 0.2) is 0 Å². The van der Waals surface area contributed by atoms with Crippen LogP contribution < -0.4 is 11.1 Å². The van der Waals surface area contributed by atoms with Crippen molar-refractivity contribution < 1.29 is 9.84 Å². The number of hydrogen-bond acceptors (Lipinski definition) is 4. The average Bonchev–Trinajstić information content (AvgIpc) is 2.59. The van der Waals surface area contributed by atoms with Crippen LogP contribution in [0, 0.1) is 5.92 Å². The van der Waals surface area contributed by atoms with Crippen molar-refractivity contribution in [2.24, 2.45) is 11.7 Å². The lowest BCUT2D eigenvalue weighted by Crippen LogP contribution is -2.63. The molecule has 3 aliphatic rings. The van der Waals surface area contributed by atoms with Gasteiger partial charge in [0.05, 0.1) is 12.2 Å². The molecule has 1 saturated carbocycles. The lowest BCUT2D eigenvalue weighted by molar-refractivity contribution is -0.0148. The van der Waals surface area contributed by atoms with Gasteiger partial charge in [-0.1, -0.05) is 13.8 Å². The lowest BCUT2D eigenvalue weighted by Gasteiger charge is -2.45. The van der Waals surface area contributed by atoms with Gasteiger partial charge < -0.3 is 15.6 Å². The largest absolute Gasteiger partial charge is 0.378 e. The van der Waals surface area contributed by atoms with Crippen molar-refractivity contribution in [3.8, 4) is 0 Å². The number of aliphatic hydroxyl groups excluding tert-OH is 1. The quantitative estimate of drug-likeness (QED) is 0.550. The Labute approximate surface area is 84.8 Å². The Kier molecular flexibility index (Phi) is 2.34. The topological polar surface area (TPSA) is 67.5 Å². The third-order valence-corrected chi connectivity index (χ3v) is 3.43. The normalized spacial score (nSPS) is 42.6. The van der Waals surface area contributed by atoms with Crippen LogP contribution in [0.2, 0.25) is 0 Å². The third-order valence-electron chi connectivity index (χ3n) is 3.43. The second kappa shape index (κ2) is 3.17. The molecule has 0 radical (unpaired) electrons. The maximum absolute atomic E-state index is 9.74. The highest BCUT2D eigenvalue weighted by atomic mass is 16.5. The molecular formula is C10H20N2O2. The zero-order valence-corrected chi connectivity index (χ0v) is 8.92. The van der Waals surface area contributed by atoms with E-state index >= 15 is 0 Å². The summed E-state index contributed by atoms with van der Waals surface area (Å²) in [4.78, 5) is 0. The van der Waals surface area contributed by atoms with E-state index in [0.717, 1.165) is 12.8 Å². The van der Waals surface area contributed by atoms with E-state index in [9.17, 15) is 5.11 Å². The smallest absolute Gasteiger partial charge is 0.107 e. The summed E-state index contributed by atoms with van der Waals surface area (Å²) in [6.45, 7) is 5.28. The Balaban J connectivity index is 1.90. The van der Waals surface area contributed by atoms with Gasteiger partial charge in [-0.3, -0.25) is 5.32 Å². The average molecular weight is 200 g/mol. The zero-order chi connectivity index (χ0) is 10.4. The van der Waals surface area contributed by atoms with Crippen molar-refractivity contribution in [1.82, 2.24) is 5.32 Å². The van der Waals surface area contributed by atoms with Crippen molar-refractivity contribution in [1.29, 1.82) is 0 Å². The monoisotopic (exact) mass is 200 g/mol. The standard InChI is InChI=1S/C10H20N2O2/c1-7(2)8(13)12-9-3-10(4-9,5-11)14-6-9/h7-8,12-13H,3-6,11H2,1-2H3. The van der Waals surface area contributed by atoms with E-state index in [2.05, 4.69) is 5.32 Å². The SMILES string of the molecule is CC(C)C(O)NC12COC(CN)(C1)C2. The highest BCUT2D eigenvalue weighted by Crippen LogP contribution is 2.51. The van der Waals surface area contributed by atoms with Crippen LogP contribution in [0.5, 0.6) is 0 Å². The second-order valence-electron chi connectivity index (χ2n) is 5.14. The van der Waals surface area contributed by atoms with Crippen LogP contribution in [-0.2, 0) is 4.74 Å². The van der Waals surface area contributed by atoms with E-state index in [1.165, 1.54) is 0 Å². The summed E-state index contributed by atoms with van der Waals surface area (Å²) in [5.74, 6) is 0.234. The number of rotatable bonds is 4. The molecule has 0 aromatic heterocycles.